The summed E-state index contributed by atoms with van der Waals surface area (Å²) in [4.78, 5) is 0. The maximum atomic E-state index is 3.63. The molecule has 0 atom stereocenters. The molecule has 0 nitrogen and oxygen atoms in total. The summed E-state index contributed by atoms with van der Waals surface area (Å²) in [5.41, 5.74) is 3.69. The maximum absolute atomic E-state index is 3.63. The number of hydrogen-bond donors (Lipinski definition) is 0. The molecule has 2 aromatic rings. The van der Waals surface area contributed by atoms with Crippen molar-refractivity contribution in [3.05, 3.63) is 57.0 Å². The Morgan fingerprint density at radius 1 is 0.800 bits per heavy atom. The first kappa shape index (κ1) is 10.9. The van der Waals surface area contributed by atoms with E-state index in [4.69, 9.17) is 0 Å². The van der Waals surface area contributed by atoms with E-state index in [1.54, 1.807) is 0 Å². The molecule has 0 N–H and O–H groups in total. The van der Waals surface area contributed by atoms with Crippen molar-refractivity contribution < 1.29 is 0 Å². The third-order valence-corrected chi connectivity index (χ3v) is 4.10. The molecule has 0 radical (unpaired) electrons. The van der Waals surface area contributed by atoms with Crippen molar-refractivity contribution in [2.24, 2.45) is 0 Å². The molecule has 0 aromatic heterocycles. The number of rotatable bonds is 1. The van der Waals surface area contributed by atoms with E-state index in [0.717, 1.165) is 8.95 Å². The van der Waals surface area contributed by atoms with Crippen molar-refractivity contribution in [3.63, 3.8) is 0 Å². The standard InChI is InChI=1S/C13H10Br2/c1-9-5-4-7-11(13(9)15)10-6-2-3-8-12(10)14/h2-8H,1H3. The number of benzene rings is 2. The quantitative estimate of drug-likeness (QED) is 0.677. The molecule has 0 aliphatic rings. The van der Waals surface area contributed by atoms with Gasteiger partial charge in [-0.1, -0.05) is 52.3 Å². The number of aryl methyl sites for hydroxylation is 1. The summed E-state index contributed by atoms with van der Waals surface area (Å²) in [5, 5.41) is 0. The summed E-state index contributed by atoms with van der Waals surface area (Å²) in [6.07, 6.45) is 0. The smallest absolute Gasteiger partial charge is 0.0283 e. The second-order valence-electron chi connectivity index (χ2n) is 3.42. The fourth-order valence-electron chi connectivity index (χ4n) is 1.54. The van der Waals surface area contributed by atoms with E-state index in [9.17, 15) is 0 Å². The molecule has 0 unspecified atom stereocenters. The van der Waals surface area contributed by atoms with Crippen molar-refractivity contribution in [2.45, 2.75) is 6.92 Å². The first-order chi connectivity index (χ1) is 7.20. The molecule has 0 amide bonds. The van der Waals surface area contributed by atoms with E-state index in [2.05, 4.69) is 75.2 Å². The molecule has 0 saturated carbocycles. The Bertz CT molecular complexity index is 490. The van der Waals surface area contributed by atoms with Crippen LogP contribution in [0.15, 0.2) is 51.4 Å². The highest BCUT2D eigenvalue weighted by molar-refractivity contribution is 9.11. The molecule has 0 saturated heterocycles. The molecule has 15 heavy (non-hydrogen) atoms. The molecule has 76 valence electrons. The topological polar surface area (TPSA) is 0 Å². The molecule has 0 heterocycles. The van der Waals surface area contributed by atoms with Crippen LogP contribution in [0.4, 0.5) is 0 Å². The monoisotopic (exact) mass is 324 g/mol. The fraction of sp³-hybridized carbons (Fsp3) is 0.0769. The van der Waals surface area contributed by atoms with Gasteiger partial charge in [0.05, 0.1) is 0 Å². The van der Waals surface area contributed by atoms with Gasteiger partial charge in [0.1, 0.15) is 0 Å². The van der Waals surface area contributed by atoms with Gasteiger partial charge < -0.3 is 0 Å². The first-order valence-corrected chi connectivity index (χ1v) is 6.29. The van der Waals surface area contributed by atoms with Crippen LogP contribution in [-0.4, -0.2) is 0 Å². The molecule has 0 fully saturated rings. The zero-order valence-electron chi connectivity index (χ0n) is 8.30. The molecule has 0 bridgehead atoms. The van der Waals surface area contributed by atoms with Crippen molar-refractivity contribution in [1.29, 1.82) is 0 Å². The zero-order valence-corrected chi connectivity index (χ0v) is 11.5. The normalized spacial score (nSPS) is 10.3. The van der Waals surface area contributed by atoms with Crippen LogP contribution in [0.3, 0.4) is 0 Å². The van der Waals surface area contributed by atoms with Crippen LogP contribution in [0, 0.1) is 6.92 Å². The summed E-state index contributed by atoms with van der Waals surface area (Å²) in [5.74, 6) is 0. The van der Waals surface area contributed by atoms with Gasteiger partial charge in [0, 0.05) is 8.95 Å². The summed E-state index contributed by atoms with van der Waals surface area (Å²) < 4.78 is 2.29. The zero-order chi connectivity index (χ0) is 10.8. The fourth-order valence-corrected chi connectivity index (χ4v) is 2.51. The van der Waals surface area contributed by atoms with Gasteiger partial charge in [0.25, 0.3) is 0 Å². The molecule has 2 aromatic carbocycles. The Balaban J connectivity index is 2.65. The van der Waals surface area contributed by atoms with Crippen LogP contribution in [0.5, 0.6) is 0 Å². The SMILES string of the molecule is Cc1cccc(-c2ccccc2Br)c1Br. The van der Waals surface area contributed by atoms with Gasteiger partial charge in [-0.05, 0) is 45.6 Å². The van der Waals surface area contributed by atoms with Gasteiger partial charge >= 0.3 is 0 Å². The molecular formula is C13H10Br2. The summed E-state index contributed by atoms with van der Waals surface area (Å²) in [6, 6.07) is 14.6. The Morgan fingerprint density at radius 2 is 1.47 bits per heavy atom. The Labute approximate surface area is 107 Å². The van der Waals surface area contributed by atoms with Gasteiger partial charge in [-0.15, -0.1) is 0 Å². The highest BCUT2D eigenvalue weighted by Crippen LogP contribution is 2.34. The average molecular weight is 326 g/mol. The molecule has 0 spiro atoms. The summed E-state index contributed by atoms with van der Waals surface area (Å²) in [7, 11) is 0. The van der Waals surface area contributed by atoms with Crippen LogP contribution in [0.25, 0.3) is 11.1 Å². The van der Waals surface area contributed by atoms with E-state index in [-0.39, 0.29) is 0 Å². The second-order valence-corrected chi connectivity index (χ2v) is 5.06. The van der Waals surface area contributed by atoms with Gasteiger partial charge in [-0.25, -0.2) is 0 Å². The van der Waals surface area contributed by atoms with Crippen LogP contribution in [0.2, 0.25) is 0 Å². The van der Waals surface area contributed by atoms with E-state index >= 15 is 0 Å². The molecule has 0 aliphatic heterocycles. The third-order valence-electron chi connectivity index (χ3n) is 2.36. The Hall–Kier alpha value is -0.600. The predicted octanol–water partition coefficient (Wildman–Crippen LogP) is 5.19. The summed E-state index contributed by atoms with van der Waals surface area (Å²) in [6.45, 7) is 2.10. The molecule has 0 aliphatic carbocycles. The van der Waals surface area contributed by atoms with Crippen LogP contribution < -0.4 is 0 Å². The van der Waals surface area contributed by atoms with E-state index < -0.39 is 0 Å². The lowest BCUT2D eigenvalue weighted by atomic mass is 10.0. The minimum atomic E-state index is 1.12. The van der Waals surface area contributed by atoms with Crippen LogP contribution >= 0.6 is 31.9 Å². The van der Waals surface area contributed by atoms with Crippen molar-refractivity contribution in [3.8, 4) is 11.1 Å². The average Bonchev–Trinajstić information content (AvgIpc) is 2.23. The lowest BCUT2D eigenvalue weighted by Crippen LogP contribution is -1.84. The first-order valence-electron chi connectivity index (χ1n) is 4.70. The highest BCUT2D eigenvalue weighted by atomic mass is 79.9. The summed E-state index contributed by atoms with van der Waals surface area (Å²) >= 11 is 7.20. The minimum Gasteiger partial charge on any atom is -0.0616 e. The van der Waals surface area contributed by atoms with Gasteiger partial charge in [-0.3, -0.25) is 0 Å². The van der Waals surface area contributed by atoms with Crippen LogP contribution in [0.1, 0.15) is 5.56 Å². The Kier molecular flexibility index (Phi) is 3.27. The van der Waals surface area contributed by atoms with E-state index in [1.165, 1.54) is 16.7 Å². The third kappa shape index (κ3) is 2.16. The maximum Gasteiger partial charge on any atom is 0.0283 e. The van der Waals surface area contributed by atoms with Gasteiger partial charge in [0.2, 0.25) is 0 Å². The predicted molar refractivity (Wildman–Crippen MR) is 72.0 cm³/mol. The van der Waals surface area contributed by atoms with Gasteiger partial charge in [-0.2, -0.15) is 0 Å². The number of hydrogen-bond acceptors (Lipinski definition) is 0. The second kappa shape index (κ2) is 4.50. The highest BCUT2D eigenvalue weighted by Gasteiger charge is 2.07. The Morgan fingerprint density at radius 3 is 2.20 bits per heavy atom. The van der Waals surface area contributed by atoms with Gasteiger partial charge in [0.15, 0.2) is 0 Å². The van der Waals surface area contributed by atoms with Crippen LogP contribution in [-0.2, 0) is 0 Å². The van der Waals surface area contributed by atoms with E-state index in [1.807, 2.05) is 6.07 Å². The lowest BCUT2D eigenvalue weighted by Gasteiger charge is -2.08. The lowest BCUT2D eigenvalue weighted by molar-refractivity contribution is 1.42. The number of halogens is 2. The van der Waals surface area contributed by atoms with Crippen molar-refractivity contribution in [2.75, 3.05) is 0 Å². The largest absolute Gasteiger partial charge is 0.0616 e. The van der Waals surface area contributed by atoms with E-state index in [0.29, 0.717) is 0 Å². The van der Waals surface area contributed by atoms with Crippen molar-refractivity contribution in [1.82, 2.24) is 0 Å². The molecule has 2 rings (SSSR count). The molecule has 2 heteroatoms. The minimum absolute atomic E-state index is 1.12. The van der Waals surface area contributed by atoms with Crippen molar-refractivity contribution >= 4 is 31.9 Å². The molecular weight excluding hydrogens is 316 g/mol.